The first-order valence-corrected chi connectivity index (χ1v) is 14.5. The molecule has 5 aromatic rings. The van der Waals surface area contributed by atoms with Crippen LogP contribution in [0.4, 0.5) is 0 Å². The minimum absolute atomic E-state index is 0.767. The molecule has 0 spiro atoms. The fourth-order valence-electron chi connectivity index (χ4n) is 4.93. The van der Waals surface area contributed by atoms with Crippen LogP contribution in [0.2, 0.25) is 0 Å². The zero-order valence-electron chi connectivity index (χ0n) is 23.6. The first kappa shape index (κ1) is 27.3. The van der Waals surface area contributed by atoms with Gasteiger partial charge in [0, 0.05) is 0 Å². The Bertz CT molecular complexity index is 1410. The van der Waals surface area contributed by atoms with E-state index in [2.05, 4.69) is 135 Å². The Labute approximate surface area is 238 Å². The average molecular weight is 527 g/mol. The van der Waals surface area contributed by atoms with E-state index >= 15 is 0 Å². The van der Waals surface area contributed by atoms with Gasteiger partial charge in [-0.25, -0.2) is 0 Å². The molecule has 0 N–H and O–H groups in total. The van der Waals surface area contributed by atoms with Crippen LogP contribution < -0.4 is 9.47 Å². The van der Waals surface area contributed by atoms with Crippen molar-refractivity contribution in [3.8, 4) is 11.5 Å². The lowest BCUT2D eigenvalue weighted by molar-refractivity contribution is 0.309. The van der Waals surface area contributed by atoms with Gasteiger partial charge in [0.2, 0.25) is 0 Å². The lowest BCUT2D eigenvalue weighted by atomic mass is 9.91. The molecule has 0 aliphatic rings. The molecule has 0 fully saturated rings. The van der Waals surface area contributed by atoms with Crippen LogP contribution in [0.5, 0.6) is 11.5 Å². The fourth-order valence-corrected chi connectivity index (χ4v) is 4.93. The summed E-state index contributed by atoms with van der Waals surface area (Å²) < 4.78 is 11.7. The second kappa shape index (κ2) is 13.7. The molecule has 0 amide bonds. The van der Waals surface area contributed by atoms with Crippen molar-refractivity contribution in [2.45, 2.75) is 39.5 Å². The largest absolute Gasteiger partial charge is 0.494 e. The molecule has 0 saturated heterocycles. The van der Waals surface area contributed by atoms with E-state index in [0.717, 1.165) is 61.5 Å². The highest BCUT2D eigenvalue weighted by atomic mass is 16.5. The van der Waals surface area contributed by atoms with E-state index < -0.39 is 0 Å². The summed E-state index contributed by atoms with van der Waals surface area (Å²) in [5, 5.41) is 4.99. The van der Waals surface area contributed by atoms with E-state index in [1.54, 1.807) is 0 Å². The molecule has 0 radical (unpaired) electrons. The van der Waals surface area contributed by atoms with Gasteiger partial charge in [-0.1, -0.05) is 124 Å². The van der Waals surface area contributed by atoms with Gasteiger partial charge in [-0.15, -0.1) is 0 Å². The van der Waals surface area contributed by atoms with Crippen LogP contribution in [0.3, 0.4) is 0 Å². The van der Waals surface area contributed by atoms with Crippen molar-refractivity contribution < 1.29 is 9.47 Å². The summed E-state index contributed by atoms with van der Waals surface area (Å²) in [6.07, 6.45) is 13.3. The predicted octanol–water partition coefficient (Wildman–Crippen LogP) is 10.7. The minimum Gasteiger partial charge on any atom is -0.494 e. The molecule has 0 unspecified atom stereocenters. The summed E-state index contributed by atoms with van der Waals surface area (Å²) in [7, 11) is 0. The van der Waals surface area contributed by atoms with Crippen molar-refractivity contribution in [2.75, 3.05) is 13.2 Å². The zero-order chi connectivity index (χ0) is 27.6. The molecule has 0 heterocycles. The molecule has 5 rings (SSSR count). The van der Waals surface area contributed by atoms with Gasteiger partial charge in [-0.05, 0) is 80.9 Å². The van der Waals surface area contributed by atoms with Crippen molar-refractivity contribution in [1.82, 2.24) is 0 Å². The molecular formula is C38H38O2. The molecule has 202 valence electrons. The van der Waals surface area contributed by atoms with Crippen LogP contribution in [0.15, 0.2) is 97.1 Å². The molecule has 40 heavy (non-hydrogen) atoms. The molecule has 2 nitrogen and oxygen atoms in total. The first-order valence-electron chi connectivity index (χ1n) is 14.5. The molecule has 0 aliphatic heterocycles. The number of rotatable bonds is 12. The van der Waals surface area contributed by atoms with Crippen molar-refractivity contribution in [3.63, 3.8) is 0 Å². The highest BCUT2D eigenvalue weighted by Gasteiger charge is 2.10. The van der Waals surface area contributed by atoms with E-state index in [1.165, 1.54) is 32.7 Å². The van der Waals surface area contributed by atoms with Gasteiger partial charge in [-0.3, -0.25) is 0 Å². The monoisotopic (exact) mass is 526 g/mol. The van der Waals surface area contributed by atoms with Crippen LogP contribution in [0, 0.1) is 0 Å². The number of hydrogen-bond donors (Lipinski definition) is 0. The molecular weight excluding hydrogens is 488 g/mol. The van der Waals surface area contributed by atoms with Crippen molar-refractivity contribution >= 4 is 45.8 Å². The van der Waals surface area contributed by atoms with Crippen molar-refractivity contribution in [2.24, 2.45) is 0 Å². The second-order valence-electron chi connectivity index (χ2n) is 10.1. The molecule has 0 bridgehead atoms. The summed E-state index contributed by atoms with van der Waals surface area (Å²) in [4.78, 5) is 0. The Morgan fingerprint density at radius 3 is 1.12 bits per heavy atom. The smallest absolute Gasteiger partial charge is 0.119 e. The quantitative estimate of drug-likeness (QED) is 0.0914. The van der Waals surface area contributed by atoms with Crippen LogP contribution in [0.1, 0.15) is 61.8 Å². The average Bonchev–Trinajstić information content (AvgIpc) is 3.00. The fraction of sp³-hybridized carbons (Fsp3) is 0.211. The minimum atomic E-state index is 0.767. The SMILES string of the molecule is CCCCOc1ccc(/C=C/c2c3ccccc3c(/C=C/c3ccc(OCCCC)cc3)c3ccccc23)cc1. The third-order valence-electron chi connectivity index (χ3n) is 7.19. The Morgan fingerprint density at radius 2 is 0.800 bits per heavy atom. The third-order valence-corrected chi connectivity index (χ3v) is 7.19. The summed E-state index contributed by atoms with van der Waals surface area (Å²) in [6.45, 7) is 5.89. The second-order valence-corrected chi connectivity index (χ2v) is 10.1. The van der Waals surface area contributed by atoms with Crippen LogP contribution in [0.25, 0.3) is 45.8 Å². The topological polar surface area (TPSA) is 18.5 Å². The Balaban J connectivity index is 1.47. The highest BCUT2D eigenvalue weighted by molar-refractivity contribution is 6.14. The zero-order valence-corrected chi connectivity index (χ0v) is 23.6. The van der Waals surface area contributed by atoms with Gasteiger partial charge in [0.15, 0.2) is 0 Å². The van der Waals surface area contributed by atoms with Crippen LogP contribution in [-0.2, 0) is 0 Å². The summed E-state index contributed by atoms with van der Waals surface area (Å²) in [5.41, 5.74) is 4.78. The molecule has 0 aliphatic carbocycles. The third kappa shape index (κ3) is 6.63. The first-order chi connectivity index (χ1) is 19.8. The number of benzene rings is 5. The number of unbranched alkanes of at least 4 members (excludes halogenated alkanes) is 2. The Kier molecular flexibility index (Phi) is 9.32. The van der Waals surface area contributed by atoms with Gasteiger partial charge in [-0.2, -0.15) is 0 Å². The standard InChI is InChI=1S/C38H38O2/c1-3-5-27-39-31-21-15-29(16-22-31)19-25-37-33-11-7-9-13-35(33)38(36-14-10-8-12-34(36)37)26-20-30-17-23-32(24-18-30)40-28-6-4-2/h7-26H,3-6,27-28H2,1-2H3/b25-19+,26-20+. The maximum Gasteiger partial charge on any atom is 0.119 e. The van der Waals surface area contributed by atoms with Gasteiger partial charge in [0.1, 0.15) is 11.5 Å². The number of ether oxygens (including phenoxy) is 2. The Morgan fingerprint density at radius 1 is 0.450 bits per heavy atom. The maximum atomic E-state index is 5.84. The van der Waals surface area contributed by atoms with Gasteiger partial charge >= 0.3 is 0 Å². The van der Waals surface area contributed by atoms with Gasteiger partial charge in [0.25, 0.3) is 0 Å². The molecule has 0 atom stereocenters. The van der Waals surface area contributed by atoms with Crippen LogP contribution >= 0.6 is 0 Å². The molecule has 2 heteroatoms. The van der Waals surface area contributed by atoms with Crippen molar-refractivity contribution in [1.29, 1.82) is 0 Å². The summed E-state index contributed by atoms with van der Waals surface area (Å²) in [6, 6.07) is 34.2. The predicted molar refractivity (Wildman–Crippen MR) is 173 cm³/mol. The Hall–Kier alpha value is -4.30. The molecule has 0 saturated carbocycles. The van der Waals surface area contributed by atoms with Gasteiger partial charge in [0.05, 0.1) is 13.2 Å². The highest BCUT2D eigenvalue weighted by Crippen LogP contribution is 2.35. The van der Waals surface area contributed by atoms with Crippen LogP contribution in [-0.4, -0.2) is 13.2 Å². The van der Waals surface area contributed by atoms with Crippen molar-refractivity contribution in [3.05, 3.63) is 119 Å². The number of fused-ring (bicyclic) bond motifs is 2. The lowest BCUT2D eigenvalue weighted by Gasteiger charge is -2.13. The van der Waals surface area contributed by atoms with E-state index in [1.807, 2.05) is 0 Å². The summed E-state index contributed by atoms with van der Waals surface area (Å²) in [5.74, 6) is 1.85. The van der Waals surface area contributed by atoms with E-state index in [4.69, 9.17) is 9.47 Å². The van der Waals surface area contributed by atoms with E-state index in [9.17, 15) is 0 Å². The maximum absolute atomic E-state index is 5.84. The van der Waals surface area contributed by atoms with E-state index in [0.29, 0.717) is 0 Å². The van der Waals surface area contributed by atoms with E-state index in [-0.39, 0.29) is 0 Å². The van der Waals surface area contributed by atoms with Gasteiger partial charge < -0.3 is 9.47 Å². The summed E-state index contributed by atoms with van der Waals surface area (Å²) >= 11 is 0. The normalized spacial score (nSPS) is 11.7. The molecule has 5 aromatic carbocycles. The number of hydrogen-bond acceptors (Lipinski definition) is 2. The lowest BCUT2D eigenvalue weighted by Crippen LogP contribution is -1.95. The molecule has 0 aromatic heterocycles.